The SMILES string of the molecule is CC1(C)CC[C@@]2(C(=O)[O-])CC[C@]3(C)[C@H](C=C[C@H]4[C@@]5(C)CC[C@H](O[C@H]6O[C@H](CO)[C@@H](O)[C@@H]6O)C(C)(C)[C@@H]5CC[C@]43C)[C@@H]2C1. The van der Waals surface area contributed by atoms with Crippen molar-refractivity contribution in [3.63, 3.8) is 0 Å². The summed E-state index contributed by atoms with van der Waals surface area (Å²) >= 11 is 0. The fraction of sp³-hybridized carbons (Fsp3) is 0.914. The molecule has 7 heteroatoms. The predicted octanol–water partition coefficient (Wildman–Crippen LogP) is 4.22. The number of carboxylic acids is 1. The minimum absolute atomic E-state index is 0.0200. The maximum absolute atomic E-state index is 12.8. The summed E-state index contributed by atoms with van der Waals surface area (Å²) in [6, 6.07) is 0. The van der Waals surface area contributed by atoms with Crippen LogP contribution in [0, 0.1) is 56.2 Å². The largest absolute Gasteiger partial charge is 0.550 e. The summed E-state index contributed by atoms with van der Waals surface area (Å²) < 4.78 is 12.2. The molecular formula is C35H55O7-. The molecule has 3 N–H and O–H groups in total. The van der Waals surface area contributed by atoms with Crippen LogP contribution in [0.1, 0.15) is 106 Å². The van der Waals surface area contributed by atoms with Gasteiger partial charge >= 0.3 is 0 Å². The molecule has 1 heterocycles. The van der Waals surface area contributed by atoms with Crippen LogP contribution in [0.3, 0.4) is 0 Å². The summed E-state index contributed by atoms with van der Waals surface area (Å²) in [6.07, 6.45) is 8.99. The lowest BCUT2D eigenvalue weighted by Gasteiger charge is -2.72. The van der Waals surface area contributed by atoms with E-state index in [1.807, 2.05) is 0 Å². The highest BCUT2D eigenvalue weighted by atomic mass is 16.7. The monoisotopic (exact) mass is 587 g/mol. The van der Waals surface area contributed by atoms with E-state index in [1.54, 1.807) is 0 Å². The van der Waals surface area contributed by atoms with E-state index in [-0.39, 0.29) is 51.6 Å². The van der Waals surface area contributed by atoms with Crippen molar-refractivity contribution in [3.8, 4) is 0 Å². The average Bonchev–Trinajstić information content (AvgIpc) is 3.18. The van der Waals surface area contributed by atoms with E-state index in [0.717, 1.165) is 57.8 Å². The third-order valence-electron chi connectivity index (χ3n) is 14.8. The highest BCUT2D eigenvalue weighted by Crippen LogP contribution is 2.75. The van der Waals surface area contributed by atoms with Crippen molar-refractivity contribution in [2.75, 3.05) is 6.61 Å². The van der Waals surface area contributed by atoms with Crippen LogP contribution < -0.4 is 5.11 Å². The number of carbonyl (C=O) groups is 1. The van der Waals surface area contributed by atoms with Gasteiger partial charge in [-0.05, 0) is 109 Å². The molecule has 13 atom stereocenters. The van der Waals surface area contributed by atoms with Gasteiger partial charge in [-0.2, -0.15) is 0 Å². The average molecular weight is 588 g/mol. The summed E-state index contributed by atoms with van der Waals surface area (Å²) in [6.45, 7) is 16.3. The summed E-state index contributed by atoms with van der Waals surface area (Å²) in [4.78, 5) is 12.8. The van der Waals surface area contributed by atoms with Gasteiger partial charge in [0, 0.05) is 11.4 Å². The molecule has 6 aliphatic rings. The van der Waals surface area contributed by atoms with Crippen LogP contribution in [-0.4, -0.2) is 58.6 Å². The van der Waals surface area contributed by atoms with Gasteiger partial charge in [0.2, 0.25) is 0 Å². The number of aliphatic carboxylic acids is 1. The molecule has 1 saturated heterocycles. The molecule has 0 aromatic heterocycles. The lowest BCUT2D eigenvalue weighted by atomic mass is 9.33. The van der Waals surface area contributed by atoms with Gasteiger partial charge < -0.3 is 34.7 Å². The predicted molar refractivity (Wildman–Crippen MR) is 157 cm³/mol. The van der Waals surface area contributed by atoms with Crippen molar-refractivity contribution < 1.29 is 34.7 Å². The first-order valence-electron chi connectivity index (χ1n) is 16.6. The Hall–Kier alpha value is -0.990. The Kier molecular flexibility index (Phi) is 7.20. The zero-order chi connectivity index (χ0) is 30.7. The van der Waals surface area contributed by atoms with Gasteiger partial charge in [0.05, 0.1) is 12.7 Å². The van der Waals surface area contributed by atoms with Gasteiger partial charge in [-0.15, -0.1) is 0 Å². The van der Waals surface area contributed by atoms with Crippen LogP contribution in [0.4, 0.5) is 0 Å². The molecular weight excluding hydrogens is 532 g/mol. The van der Waals surface area contributed by atoms with Crippen molar-refractivity contribution in [2.45, 2.75) is 137 Å². The van der Waals surface area contributed by atoms with E-state index in [9.17, 15) is 25.2 Å². The Morgan fingerprint density at radius 1 is 0.905 bits per heavy atom. The number of aliphatic hydroxyl groups excluding tert-OH is 3. The molecule has 1 aliphatic heterocycles. The smallest absolute Gasteiger partial charge is 0.186 e. The number of hydrogen-bond acceptors (Lipinski definition) is 7. The summed E-state index contributed by atoms with van der Waals surface area (Å²) in [5, 5.41) is 43.2. The molecule has 0 radical (unpaired) electrons. The van der Waals surface area contributed by atoms with Gasteiger partial charge in [-0.3, -0.25) is 0 Å². The molecule has 6 rings (SSSR count). The molecule has 238 valence electrons. The van der Waals surface area contributed by atoms with Crippen LogP contribution in [0.2, 0.25) is 0 Å². The van der Waals surface area contributed by atoms with Crippen LogP contribution in [0.15, 0.2) is 12.2 Å². The topological polar surface area (TPSA) is 119 Å². The summed E-state index contributed by atoms with van der Waals surface area (Å²) in [5.41, 5.74) is -0.617. The Labute approximate surface area is 252 Å². The van der Waals surface area contributed by atoms with Crippen LogP contribution in [-0.2, 0) is 14.3 Å². The molecule has 0 unspecified atom stereocenters. The lowest BCUT2D eigenvalue weighted by Crippen LogP contribution is -2.67. The third-order valence-corrected chi connectivity index (χ3v) is 14.8. The van der Waals surface area contributed by atoms with E-state index in [1.165, 1.54) is 0 Å². The van der Waals surface area contributed by atoms with E-state index in [4.69, 9.17) is 9.47 Å². The zero-order valence-corrected chi connectivity index (χ0v) is 26.9. The zero-order valence-electron chi connectivity index (χ0n) is 26.9. The number of ether oxygens (including phenoxy) is 2. The van der Waals surface area contributed by atoms with E-state index in [2.05, 4.69) is 60.6 Å². The van der Waals surface area contributed by atoms with Gasteiger partial charge in [0.15, 0.2) is 6.29 Å². The van der Waals surface area contributed by atoms with Crippen molar-refractivity contribution in [2.24, 2.45) is 56.2 Å². The standard InChI is InChI=1S/C35H56O7/c1-30(2)14-16-35(29(39)40)17-15-33(6)20(21(35)18-30)8-9-24-32(5)12-11-25(31(3,4)23(32)10-13-34(24,33)7)42-28-27(38)26(37)22(19-36)41-28/h8-9,20-28,36-38H,10-19H2,1-7H3,(H,39,40)/p-1/t20-,21+,22-,23+,24+,25+,26-,27+,28-,32+,33-,34-,35-/m1/s1. The van der Waals surface area contributed by atoms with Gasteiger partial charge in [-0.25, -0.2) is 0 Å². The first kappa shape index (κ1) is 31.0. The summed E-state index contributed by atoms with van der Waals surface area (Å²) in [5.74, 6) is 0.302. The molecule has 0 bridgehead atoms. The Morgan fingerprint density at radius 3 is 2.24 bits per heavy atom. The van der Waals surface area contributed by atoms with Gasteiger partial charge in [0.25, 0.3) is 0 Å². The number of hydrogen-bond donors (Lipinski definition) is 3. The minimum atomic E-state index is -1.18. The fourth-order valence-corrected chi connectivity index (χ4v) is 12.0. The van der Waals surface area contributed by atoms with Crippen molar-refractivity contribution in [3.05, 3.63) is 12.2 Å². The Bertz CT molecular complexity index is 1120. The number of fused-ring (bicyclic) bond motifs is 7. The number of carboxylic acid groups (broad SMARTS) is 1. The third kappa shape index (κ3) is 4.05. The molecule has 0 amide bonds. The molecule has 5 fully saturated rings. The second-order valence-corrected chi connectivity index (χ2v) is 17.4. The maximum Gasteiger partial charge on any atom is 0.186 e. The number of carbonyl (C=O) groups excluding carboxylic acids is 1. The quantitative estimate of drug-likeness (QED) is 0.422. The van der Waals surface area contributed by atoms with Crippen LogP contribution in [0.25, 0.3) is 0 Å². The van der Waals surface area contributed by atoms with E-state index in [0.29, 0.717) is 11.8 Å². The van der Waals surface area contributed by atoms with Crippen molar-refractivity contribution in [1.29, 1.82) is 0 Å². The van der Waals surface area contributed by atoms with Crippen molar-refractivity contribution >= 4 is 5.97 Å². The van der Waals surface area contributed by atoms with E-state index < -0.39 is 36.0 Å². The Balaban J connectivity index is 1.30. The normalized spacial score (nSPS) is 54.3. The lowest BCUT2D eigenvalue weighted by molar-refractivity contribution is -0.332. The number of rotatable bonds is 4. The molecule has 0 spiro atoms. The molecule has 4 saturated carbocycles. The summed E-state index contributed by atoms with van der Waals surface area (Å²) in [7, 11) is 0. The minimum Gasteiger partial charge on any atom is -0.550 e. The molecule has 7 nitrogen and oxygen atoms in total. The van der Waals surface area contributed by atoms with E-state index >= 15 is 0 Å². The molecule has 0 aromatic carbocycles. The highest BCUT2D eigenvalue weighted by Gasteiger charge is 2.69. The number of allylic oxidation sites excluding steroid dienone is 2. The van der Waals surface area contributed by atoms with Gasteiger partial charge in [-0.1, -0.05) is 60.6 Å². The molecule has 5 aliphatic carbocycles. The number of aliphatic hydroxyl groups is 3. The second-order valence-electron chi connectivity index (χ2n) is 17.4. The second kappa shape index (κ2) is 9.75. The Morgan fingerprint density at radius 2 is 1.60 bits per heavy atom. The molecule has 42 heavy (non-hydrogen) atoms. The first-order chi connectivity index (χ1) is 19.5. The van der Waals surface area contributed by atoms with Gasteiger partial charge in [0.1, 0.15) is 18.3 Å². The first-order valence-corrected chi connectivity index (χ1v) is 16.6. The molecule has 0 aromatic rings. The maximum atomic E-state index is 12.8. The fourth-order valence-electron chi connectivity index (χ4n) is 12.0. The van der Waals surface area contributed by atoms with Crippen LogP contribution in [0.5, 0.6) is 0 Å². The highest BCUT2D eigenvalue weighted by molar-refractivity contribution is 5.73. The van der Waals surface area contributed by atoms with Crippen molar-refractivity contribution in [1.82, 2.24) is 0 Å². The van der Waals surface area contributed by atoms with Crippen LogP contribution >= 0.6 is 0 Å².